The number of hydrogen-bond acceptors (Lipinski definition) is 4. The van der Waals surface area contributed by atoms with Gasteiger partial charge in [0.05, 0.1) is 10.8 Å². The van der Waals surface area contributed by atoms with E-state index in [0.717, 1.165) is 31.7 Å². The number of sulfonamides is 1. The third-order valence-corrected chi connectivity index (χ3v) is 8.96. The maximum absolute atomic E-state index is 14.0. The van der Waals surface area contributed by atoms with E-state index in [2.05, 4.69) is 5.32 Å². The van der Waals surface area contributed by atoms with Crippen molar-refractivity contribution in [2.75, 3.05) is 26.3 Å². The second-order valence-corrected chi connectivity index (χ2v) is 11.0. The number of ether oxygens (including phenoxy) is 1. The minimum absolute atomic E-state index is 0.0448. The molecule has 4 rings (SSSR count). The number of halogens is 1. The number of nitrogens with zero attached hydrogens (tertiary/aromatic N) is 1. The van der Waals surface area contributed by atoms with Crippen LogP contribution in [0.25, 0.3) is 0 Å². The molecule has 0 bridgehead atoms. The molecule has 2 saturated heterocycles. The highest BCUT2D eigenvalue weighted by Crippen LogP contribution is 2.46. The van der Waals surface area contributed by atoms with Crippen LogP contribution in [-0.4, -0.2) is 51.0 Å². The van der Waals surface area contributed by atoms with Crippen molar-refractivity contribution in [3.8, 4) is 0 Å². The first-order valence-corrected chi connectivity index (χ1v) is 12.4. The molecule has 3 aliphatic rings. The van der Waals surface area contributed by atoms with E-state index < -0.39 is 27.2 Å². The Bertz CT molecular complexity index is 892. The summed E-state index contributed by atoms with van der Waals surface area (Å²) in [6.45, 7) is 3.07. The zero-order valence-electron chi connectivity index (χ0n) is 17.5. The number of rotatable bonds is 4. The van der Waals surface area contributed by atoms with Gasteiger partial charge >= 0.3 is 0 Å². The number of aryl methyl sites for hydroxylation is 1. The highest BCUT2D eigenvalue weighted by molar-refractivity contribution is 7.89. The van der Waals surface area contributed by atoms with Crippen LogP contribution in [0.3, 0.4) is 0 Å². The second kappa shape index (κ2) is 8.55. The minimum Gasteiger partial charge on any atom is -0.381 e. The van der Waals surface area contributed by atoms with Crippen LogP contribution in [0.5, 0.6) is 0 Å². The van der Waals surface area contributed by atoms with Gasteiger partial charge < -0.3 is 10.1 Å². The molecule has 3 fully saturated rings. The van der Waals surface area contributed by atoms with Crippen molar-refractivity contribution in [3.63, 3.8) is 0 Å². The Hall–Kier alpha value is -1.51. The number of carbonyl (C=O) groups excluding carboxylic acids is 1. The van der Waals surface area contributed by atoms with Crippen LogP contribution in [0.2, 0.25) is 0 Å². The van der Waals surface area contributed by atoms with Crippen LogP contribution in [0.15, 0.2) is 23.1 Å². The molecule has 0 radical (unpaired) electrons. The zero-order chi connectivity index (χ0) is 21.4. The fourth-order valence-electron chi connectivity index (χ4n) is 5.18. The molecule has 30 heavy (non-hydrogen) atoms. The van der Waals surface area contributed by atoms with Crippen LogP contribution in [-0.2, 0) is 19.6 Å². The summed E-state index contributed by atoms with van der Waals surface area (Å²) in [4.78, 5) is 13.2. The first-order valence-electron chi connectivity index (χ1n) is 11.0. The van der Waals surface area contributed by atoms with Crippen molar-refractivity contribution in [1.29, 1.82) is 0 Å². The number of nitrogens with one attached hydrogen (secondary N) is 1. The Balaban J connectivity index is 1.58. The summed E-state index contributed by atoms with van der Waals surface area (Å²) in [6.07, 6.45) is 6.73. The molecule has 8 heteroatoms. The summed E-state index contributed by atoms with van der Waals surface area (Å²) < 4.78 is 47.5. The molecule has 6 nitrogen and oxygen atoms in total. The van der Waals surface area contributed by atoms with Crippen molar-refractivity contribution in [1.82, 2.24) is 9.62 Å². The molecule has 2 heterocycles. The largest absolute Gasteiger partial charge is 0.381 e. The van der Waals surface area contributed by atoms with Crippen molar-refractivity contribution in [2.24, 2.45) is 11.3 Å². The summed E-state index contributed by atoms with van der Waals surface area (Å²) in [6, 6.07) is 4.19. The van der Waals surface area contributed by atoms with Gasteiger partial charge in [0, 0.05) is 37.8 Å². The topological polar surface area (TPSA) is 75.7 Å². The SMILES string of the molecule is Cc1ccc(S(=O)(=O)N2CC(C(=O)NC3CCCCC3)C3(CCOCC3)C2)cc1F. The van der Waals surface area contributed by atoms with Gasteiger partial charge in [0.1, 0.15) is 5.82 Å². The average molecular weight is 439 g/mol. The molecule has 1 aliphatic carbocycles. The molecular weight excluding hydrogens is 407 g/mol. The standard InChI is InChI=1S/C22H31FN2O4S/c1-16-7-8-18(13-20(16)23)30(27,28)25-14-19(22(15-25)9-11-29-12-10-22)21(26)24-17-5-3-2-4-6-17/h7-8,13,17,19H,2-6,9-12,14-15H2,1H3,(H,24,26). The molecule has 0 aromatic heterocycles. The smallest absolute Gasteiger partial charge is 0.243 e. The Morgan fingerprint density at radius 2 is 1.90 bits per heavy atom. The first-order chi connectivity index (χ1) is 14.3. The fraction of sp³-hybridized carbons (Fsp3) is 0.682. The van der Waals surface area contributed by atoms with Crippen LogP contribution < -0.4 is 5.32 Å². The average Bonchev–Trinajstić information content (AvgIpc) is 3.10. The molecule has 1 spiro atoms. The van der Waals surface area contributed by atoms with E-state index in [-0.39, 0.29) is 29.9 Å². The lowest BCUT2D eigenvalue weighted by molar-refractivity contribution is -0.130. The van der Waals surface area contributed by atoms with E-state index in [9.17, 15) is 17.6 Å². The van der Waals surface area contributed by atoms with Gasteiger partial charge in [0.15, 0.2) is 0 Å². The van der Waals surface area contributed by atoms with Gasteiger partial charge in [-0.1, -0.05) is 25.3 Å². The Morgan fingerprint density at radius 1 is 1.20 bits per heavy atom. The summed E-state index contributed by atoms with van der Waals surface area (Å²) >= 11 is 0. The van der Waals surface area contributed by atoms with Gasteiger partial charge in [-0.05, 0) is 50.3 Å². The molecule has 166 valence electrons. The Kier molecular flexibility index (Phi) is 6.19. The highest BCUT2D eigenvalue weighted by atomic mass is 32.2. The van der Waals surface area contributed by atoms with E-state index in [1.807, 2.05) is 0 Å². The third-order valence-electron chi connectivity index (χ3n) is 7.15. The van der Waals surface area contributed by atoms with Crippen LogP contribution in [0, 0.1) is 24.1 Å². The number of amides is 1. The molecule has 1 N–H and O–H groups in total. The quantitative estimate of drug-likeness (QED) is 0.784. The molecule has 1 aromatic rings. The van der Waals surface area contributed by atoms with Gasteiger partial charge in [-0.3, -0.25) is 4.79 Å². The maximum Gasteiger partial charge on any atom is 0.243 e. The molecular formula is C22H31FN2O4S. The molecule has 1 aromatic carbocycles. The zero-order valence-corrected chi connectivity index (χ0v) is 18.3. The molecule has 1 unspecified atom stereocenters. The van der Waals surface area contributed by atoms with E-state index >= 15 is 0 Å². The predicted molar refractivity (Wildman–Crippen MR) is 111 cm³/mol. The van der Waals surface area contributed by atoms with Crippen molar-refractivity contribution < 1.29 is 22.3 Å². The van der Waals surface area contributed by atoms with Crippen LogP contribution >= 0.6 is 0 Å². The van der Waals surface area contributed by atoms with Crippen molar-refractivity contribution in [3.05, 3.63) is 29.6 Å². The van der Waals surface area contributed by atoms with Gasteiger partial charge in [-0.25, -0.2) is 12.8 Å². The summed E-state index contributed by atoms with van der Waals surface area (Å²) in [5.74, 6) is -0.993. The lowest BCUT2D eigenvalue weighted by Gasteiger charge is -2.38. The van der Waals surface area contributed by atoms with Gasteiger partial charge in [0.2, 0.25) is 15.9 Å². The molecule has 1 amide bonds. The van der Waals surface area contributed by atoms with Crippen molar-refractivity contribution >= 4 is 15.9 Å². The van der Waals surface area contributed by atoms with E-state index in [1.165, 1.54) is 22.9 Å². The van der Waals surface area contributed by atoms with Gasteiger partial charge in [0.25, 0.3) is 0 Å². The monoisotopic (exact) mass is 438 g/mol. The summed E-state index contributed by atoms with van der Waals surface area (Å²) in [5.41, 5.74) is -0.0196. The molecule has 1 atom stereocenters. The molecule has 2 aliphatic heterocycles. The maximum atomic E-state index is 14.0. The van der Waals surface area contributed by atoms with Crippen molar-refractivity contribution in [2.45, 2.75) is 62.8 Å². The van der Waals surface area contributed by atoms with Crippen LogP contribution in [0.1, 0.15) is 50.5 Å². The van der Waals surface area contributed by atoms with Gasteiger partial charge in [-0.15, -0.1) is 0 Å². The Morgan fingerprint density at radius 3 is 2.57 bits per heavy atom. The second-order valence-electron chi connectivity index (χ2n) is 9.08. The normalized spacial score (nSPS) is 25.5. The lowest BCUT2D eigenvalue weighted by Crippen LogP contribution is -2.47. The lowest BCUT2D eigenvalue weighted by atomic mass is 9.71. The summed E-state index contributed by atoms with van der Waals surface area (Å²) in [5, 5.41) is 3.20. The first kappa shape index (κ1) is 21.7. The van der Waals surface area contributed by atoms with E-state index in [0.29, 0.717) is 31.6 Å². The van der Waals surface area contributed by atoms with E-state index in [4.69, 9.17) is 4.74 Å². The van der Waals surface area contributed by atoms with Crippen LogP contribution in [0.4, 0.5) is 4.39 Å². The molecule has 1 saturated carbocycles. The number of hydrogen-bond donors (Lipinski definition) is 1. The highest BCUT2D eigenvalue weighted by Gasteiger charge is 2.53. The third kappa shape index (κ3) is 4.14. The predicted octanol–water partition coefficient (Wildman–Crippen LogP) is 3.00. The minimum atomic E-state index is -3.88. The fourth-order valence-corrected chi connectivity index (χ4v) is 6.75. The number of benzene rings is 1. The van der Waals surface area contributed by atoms with Gasteiger partial charge in [-0.2, -0.15) is 4.31 Å². The Labute approximate surface area is 178 Å². The number of carbonyl (C=O) groups is 1. The van der Waals surface area contributed by atoms with E-state index in [1.54, 1.807) is 6.92 Å². The summed E-state index contributed by atoms with van der Waals surface area (Å²) in [7, 11) is -3.88.